The summed E-state index contributed by atoms with van der Waals surface area (Å²) >= 11 is 0. The molecule has 0 saturated carbocycles. The molecule has 1 atom stereocenters. The number of nitrogens with one attached hydrogen (secondary N) is 1. The van der Waals surface area contributed by atoms with E-state index in [1.165, 1.54) is 12.1 Å². The van der Waals surface area contributed by atoms with Crippen LogP contribution in [0, 0.1) is 11.6 Å². The predicted octanol–water partition coefficient (Wildman–Crippen LogP) is 1.53. The van der Waals surface area contributed by atoms with Gasteiger partial charge in [0.05, 0.1) is 0 Å². The first-order valence-electron chi connectivity index (χ1n) is 4.19. The maximum absolute atomic E-state index is 12.8. The van der Waals surface area contributed by atoms with Crippen LogP contribution >= 0.6 is 0 Å². The van der Waals surface area contributed by atoms with E-state index in [1.54, 1.807) is 6.08 Å². The number of hydrogen-bond acceptors (Lipinski definition) is 2. The average Bonchev–Trinajstić information content (AvgIpc) is 2.12. The topological polar surface area (TPSA) is 38.0 Å². The van der Waals surface area contributed by atoms with Crippen LogP contribution in [0.25, 0.3) is 0 Å². The van der Waals surface area contributed by atoms with Gasteiger partial charge in [-0.2, -0.15) is 0 Å². The lowest BCUT2D eigenvalue weighted by Crippen LogP contribution is -2.34. The number of hydrazine groups is 1. The highest BCUT2D eigenvalue weighted by molar-refractivity contribution is 5.19. The van der Waals surface area contributed by atoms with E-state index < -0.39 is 11.6 Å². The highest BCUT2D eigenvalue weighted by Gasteiger charge is 2.05. The first kappa shape index (κ1) is 10.8. The van der Waals surface area contributed by atoms with Crippen LogP contribution < -0.4 is 11.3 Å². The van der Waals surface area contributed by atoms with Gasteiger partial charge in [0.2, 0.25) is 0 Å². The van der Waals surface area contributed by atoms with Crippen LogP contribution in [0.2, 0.25) is 0 Å². The highest BCUT2D eigenvalue weighted by Crippen LogP contribution is 2.10. The monoisotopic (exact) mass is 198 g/mol. The summed E-state index contributed by atoms with van der Waals surface area (Å²) in [6.45, 7) is 3.54. The maximum Gasteiger partial charge on any atom is 0.126 e. The summed E-state index contributed by atoms with van der Waals surface area (Å²) < 4.78 is 25.5. The molecular formula is C10H12F2N2. The van der Waals surface area contributed by atoms with Crippen molar-refractivity contribution in [2.45, 2.75) is 12.5 Å². The van der Waals surface area contributed by atoms with Gasteiger partial charge in [-0.1, -0.05) is 6.08 Å². The van der Waals surface area contributed by atoms with Gasteiger partial charge in [-0.3, -0.25) is 11.3 Å². The minimum absolute atomic E-state index is 0.184. The van der Waals surface area contributed by atoms with Crippen molar-refractivity contribution in [3.8, 4) is 0 Å². The Bertz CT molecular complexity index is 306. The molecule has 4 heteroatoms. The van der Waals surface area contributed by atoms with E-state index >= 15 is 0 Å². The third kappa shape index (κ3) is 2.90. The molecule has 14 heavy (non-hydrogen) atoms. The molecule has 0 spiro atoms. The molecule has 0 heterocycles. The zero-order valence-electron chi connectivity index (χ0n) is 7.63. The van der Waals surface area contributed by atoms with Gasteiger partial charge in [-0.25, -0.2) is 8.78 Å². The summed E-state index contributed by atoms with van der Waals surface area (Å²) in [5, 5.41) is 0. The van der Waals surface area contributed by atoms with Gasteiger partial charge < -0.3 is 0 Å². The van der Waals surface area contributed by atoms with Gasteiger partial charge in [0.1, 0.15) is 11.6 Å². The van der Waals surface area contributed by atoms with Gasteiger partial charge in [0, 0.05) is 12.1 Å². The molecule has 1 unspecified atom stereocenters. The molecule has 76 valence electrons. The van der Waals surface area contributed by atoms with Crippen molar-refractivity contribution in [1.82, 2.24) is 5.43 Å². The molecule has 0 amide bonds. The van der Waals surface area contributed by atoms with Crippen LogP contribution in [0.1, 0.15) is 5.56 Å². The predicted molar refractivity (Wildman–Crippen MR) is 51.4 cm³/mol. The van der Waals surface area contributed by atoms with Crippen molar-refractivity contribution >= 4 is 0 Å². The van der Waals surface area contributed by atoms with Crippen LogP contribution in [0.5, 0.6) is 0 Å². The summed E-state index contributed by atoms with van der Waals surface area (Å²) in [5.74, 6) is 4.03. The third-order valence-corrected chi connectivity index (χ3v) is 1.88. The summed E-state index contributed by atoms with van der Waals surface area (Å²) in [6.07, 6.45) is 2.00. The lowest BCUT2D eigenvalue weighted by Gasteiger charge is -2.10. The molecule has 0 aromatic heterocycles. The van der Waals surface area contributed by atoms with E-state index in [1.807, 2.05) is 0 Å². The Morgan fingerprint density at radius 3 is 2.36 bits per heavy atom. The summed E-state index contributed by atoms with van der Waals surface area (Å²) in [6, 6.07) is 3.20. The van der Waals surface area contributed by atoms with Crippen molar-refractivity contribution in [3.63, 3.8) is 0 Å². The fourth-order valence-corrected chi connectivity index (χ4v) is 1.19. The lowest BCUT2D eigenvalue weighted by molar-refractivity contribution is 0.570. The molecule has 0 aliphatic rings. The third-order valence-electron chi connectivity index (χ3n) is 1.88. The SMILES string of the molecule is C=CC(Cc1cc(F)cc(F)c1)NN. The largest absolute Gasteiger partial charge is 0.271 e. The second kappa shape index (κ2) is 4.83. The standard InChI is InChI=1S/C10H12F2N2/c1-2-10(14-13)5-7-3-8(11)6-9(12)4-7/h2-4,6,10,14H,1,5,13H2. The number of nitrogens with two attached hydrogens (primary N) is 1. The normalized spacial score (nSPS) is 12.5. The molecule has 1 aromatic rings. The number of halogens is 2. The van der Waals surface area contributed by atoms with Crippen molar-refractivity contribution in [2.75, 3.05) is 0 Å². The summed E-state index contributed by atoms with van der Waals surface area (Å²) in [7, 11) is 0. The van der Waals surface area contributed by atoms with E-state index in [9.17, 15) is 8.78 Å². The Morgan fingerprint density at radius 1 is 1.36 bits per heavy atom. The van der Waals surface area contributed by atoms with Crippen molar-refractivity contribution in [2.24, 2.45) is 5.84 Å². The van der Waals surface area contributed by atoms with Crippen molar-refractivity contribution in [3.05, 3.63) is 48.1 Å². The molecule has 1 rings (SSSR count). The number of rotatable bonds is 4. The maximum atomic E-state index is 12.8. The Morgan fingerprint density at radius 2 is 1.93 bits per heavy atom. The smallest absolute Gasteiger partial charge is 0.126 e. The molecule has 0 fully saturated rings. The Labute approximate surface area is 81.4 Å². The first-order valence-corrected chi connectivity index (χ1v) is 4.19. The fourth-order valence-electron chi connectivity index (χ4n) is 1.19. The average molecular weight is 198 g/mol. The van der Waals surface area contributed by atoms with Crippen LogP contribution in [0.15, 0.2) is 30.9 Å². The van der Waals surface area contributed by atoms with Crippen LogP contribution in [0.3, 0.4) is 0 Å². The van der Waals surface area contributed by atoms with Gasteiger partial charge in [0.15, 0.2) is 0 Å². The second-order valence-electron chi connectivity index (χ2n) is 2.99. The van der Waals surface area contributed by atoms with Gasteiger partial charge in [-0.05, 0) is 24.1 Å². The quantitative estimate of drug-likeness (QED) is 0.437. The zero-order chi connectivity index (χ0) is 10.6. The van der Waals surface area contributed by atoms with E-state index in [4.69, 9.17) is 5.84 Å². The second-order valence-corrected chi connectivity index (χ2v) is 2.99. The molecular weight excluding hydrogens is 186 g/mol. The van der Waals surface area contributed by atoms with E-state index in [-0.39, 0.29) is 6.04 Å². The van der Waals surface area contributed by atoms with Gasteiger partial charge in [-0.15, -0.1) is 6.58 Å². The number of benzene rings is 1. The van der Waals surface area contributed by atoms with Crippen LogP contribution in [0.4, 0.5) is 8.78 Å². The van der Waals surface area contributed by atoms with Crippen molar-refractivity contribution in [1.29, 1.82) is 0 Å². The molecule has 1 aromatic carbocycles. The van der Waals surface area contributed by atoms with Gasteiger partial charge >= 0.3 is 0 Å². The Hall–Kier alpha value is -1.26. The molecule has 0 radical (unpaired) electrons. The molecule has 3 N–H and O–H groups in total. The Kier molecular flexibility index (Phi) is 3.73. The number of hydrogen-bond donors (Lipinski definition) is 2. The molecule has 0 saturated heterocycles. The van der Waals surface area contributed by atoms with Gasteiger partial charge in [0.25, 0.3) is 0 Å². The summed E-state index contributed by atoms with van der Waals surface area (Å²) in [5.41, 5.74) is 3.02. The van der Waals surface area contributed by atoms with Crippen LogP contribution in [-0.4, -0.2) is 6.04 Å². The van der Waals surface area contributed by atoms with Crippen molar-refractivity contribution < 1.29 is 8.78 Å². The molecule has 0 bridgehead atoms. The van der Waals surface area contributed by atoms with Crippen LogP contribution in [-0.2, 0) is 6.42 Å². The van der Waals surface area contributed by atoms with E-state index in [0.717, 1.165) is 6.07 Å². The molecule has 0 aliphatic carbocycles. The highest BCUT2D eigenvalue weighted by atomic mass is 19.1. The summed E-state index contributed by atoms with van der Waals surface area (Å²) in [4.78, 5) is 0. The molecule has 0 aliphatic heterocycles. The minimum atomic E-state index is -0.583. The minimum Gasteiger partial charge on any atom is -0.271 e. The van der Waals surface area contributed by atoms with E-state index in [0.29, 0.717) is 12.0 Å². The lowest BCUT2D eigenvalue weighted by atomic mass is 10.1. The molecule has 2 nitrogen and oxygen atoms in total. The zero-order valence-corrected chi connectivity index (χ0v) is 7.63. The first-order chi connectivity index (χ1) is 6.65. The van der Waals surface area contributed by atoms with E-state index in [2.05, 4.69) is 12.0 Å². The Balaban J connectivity index is 2.80. The fraction of sp³-hybridized carbons (Fsp3) is 0.200.